The molecule has 0 aliphatic rings. The minimum Gasteiger partial charge on any atom is -0.496 e. The van der Waals surface area contributed by atoms with Crippen LogP contribution in [0.25, 0.3) is 0 Å². The van der Waals surface area contributed by atoms with Gasteiger partial charge in [0.2, 0.25) is 0 Å². The van der Waals surface area contributed by atoms with Crippen molar-refractivity contribution < 1.29 is 4.74 Å². The molecule has 4 heteroatoms. The Morgan fingerprint density at radius 2 is 2.38 bits per heavy atom. The van der Waals surface area contributed by atoms with Gasteiger partial charge in [-0.15, -0.1) is 0 Å². The van der Waals surface area contributed by atoms with Gasteiger partial charge < -0.3 is 4.74 Å². The molecule has 0 spiro atoms. The second kappa shape index (κ2) is 4.21. The topological polar surface area (TPSA) is 62.4 Å². The van der Waals surface area contributed by atoms with Gasteiger partial charge in [0.05, 0.1) is 18.7 Å². The second-order valence-corrected chi connectivity index (χ2v) is 2.43. The van der Waals surface area contributed by atoms with E-state index in [1.165, 1.54) is 7.11 Å². The lowest BCUT2D eigenvalue weighted by Gasteiger charge is -2.04. The Balaban J connectivity index is 3.11. The molecule has 0 heterocycles. The van der Waals surface area contributed by atoms with Crippen molar-refractivity contribution in [1.29, 1.82) is 5.26 Å². The quantitative estimate of drug-likeness (QED) is 0.660. The van der Waals surface area contributed by atoms with Crippen LogP contribution in [-0.4, -0.2) is 7.11 Å². The molecule has 0 aliphatic heterocycles. The number of nitroso groups, excluding NO2 is 1. The van der Waals surface area contributed by atoms with Crippen molar-refractivity contribution in [3.63, 3.8) is 0 Å². The minimum absolute atomic E-state index is 0.0265. The molecule has 0 saturated carbocycles. The van der Waals surface area contributed by atoms with Crippen LogP contribution < -0.4 is 4.74 Å². The van der Waals surface area contributed by atoms with Gasteiger partial charge in [-0.05, 0) is 18.2 Å². The van der Waals surface area contributed by atoms with Gasteiger partial charge in [0.15, 0.2) is 0 Å². The fraction of sp³-hybridized carbons (Fsp3) is 0.222. The third-order valence-electron chi connectivity index (χ3n) is 1.64. The van der Waals surface area contributed by atoms with Crippen molar-refractivity contribution in [2.24, 2.45) is 5.18 Å². The predicted molar refractivity (Wildman–Crippen MR) is 47.2 cm³/mol. The molecule has 0 aliphatic carbocycles. The Labute approximate surface area is 75.7 Å². The third-order valence-corrected chi connectivity index (χ3v) is 1.64. The Hall–Kier alpha value is -1.89. The SMILES string of the molecule is COc1ccc(C#N)cc1CN=O. The van der Waals surface area contributed by atoms with Gasteiger partial charge in [-0.25, -0.2) is 0 Å². The average molecular weight is 176 g/mol. The van der Waals surface area contributed by atoms with Crippen LogP contribution in [0.3, 0.4) is 0 Å². The van der Waals surface area contributed by atoms with E-state index in [2.05, 4.69) is 5.18 Å². The smallest absolute Gasteiger partial charge is 0.124 e. The Morgan fingerprint density at radius 1 is 1.62 bits per heavy atom. The predicted octanol–water partition coefficient (Wildman–Crippen LogP) is 1.83. The first-order chi connectivity index (χ1) is 6.31. The number of nitriles is 1. The molecule has 0 aromatic heterocycles. The number of methoxy groups -OCH3 is 1. The van der Waals surface area contributed by atoms with E-state index in [0.29, 0.717) is 16.9 Å². The first-order valence-corrected chi connectivity index (χ1v) is 3.68. The Morgan fingerprint density at radius 3 is 2.92 bits per heavy atom. The van der Waals surface area contributed by atoms with Crippen LogP contribution in [0.1, 0.15) is 11.1 Å². The zero-order valence-corrected chi connectivity index (χ0v) is 7.15. The minimum atomic E-state index is 0.0265. The zero-order valence-electron chi connectivity index (χ0n) is 7.15. The second-order valence-electron chi connectivity index (χ2n) is 2.43. The highest BCUT2D eigenvalue weighted by Crippen LogP contribution is 2.20. The molecule has 1 rings (SSSR count). The lowest BCUT2D eigenvalue weighted by atomic mass is 10.1. The zero-order chi connectivity index (χ0) is 9.68. The third kappa shape index (κ3) is 2.03. The summed E-state index contributed by atoms with van der Waals surface area (Å²) in [6, 6.07) is 6.86. The van der Waals surface area contributed by atoms with E-state index in [-0.39, 0.29) is 6.54 Å². The van der Waals surface area contributed by atoms with E-state index in [9.17, 15) is 4.91 Å². The maximum absolute atomic E-state index is 10.1. The van der Waals surface area contributed by atoms with Crippen LogP contribution >= 0.6 is 0 Å². The van der Waals surface area contributed by atoms with Crippen LogP contribution in [0.5, 0.6) is 5.75 Å². The lowest BCUT2D eigenvalue weighted by molar-refractivity contribution is 0.410. The van der Waals surface area contributed by atoms with Gasteiger partial charge >= 0.3 is 0 Å². The van der Waals surface area contributed by atoms with E-state index in [0.717, 1.165) is 0 Å². The molecule has 0 saturated heterocycles. The number of rotatable bonds is 3. The van der Waals surface area contributed by atoms with E-state index < -0.39 is 0 Å². The molecule has 66 valence electrons. The maximum Gasteiger partial charge on any atom is 0.124 e. The number of hydrogen-bond acceptors (Lipinski definition) is 4. The first-order valence-electron chi connectivity index (χ1n) is 3.68. The summed E-state index contributed by atoms with van der Waals surface area (Å²) in [4.78, 5) is 10.1. The normalized spacial score (nSPS) is 8.92. The van der Waals surface area contributed by atoms with Gasteiger partial charge in [-0.1, -0.05) is 5.18 Å². The van der Waals surface area contributed by atoms with Crippen molar-refractivity contribution >= 4 is 0 Å². The van der Waals surface area contributed by atoms with Crippen LogP contribution in [0, 0.1) is 16.2 Å². The standard InChI is InChI=1S/C9H8N2O2/c1-13-9-3-2-7(5-10)4-8(9)6-11-12/h2-4H,6H2,1H3. The summed E-state index contributed by atoms with van der Waals surface area (Å²) in [5, 5.41) is 11.3. The van der Waals surface area contributed by atoms with Crippen molar-refractivity contribution in [3.05, 3.63) is 34.2 Å². The first kappa shape index (κ1) is 9.20. The molecule has 0 radical (unpaired) electrons. The average Bonchev–Trinajstić information content (AvgIpc) is 2.18. The Bertz CT molecular complexity index is 355. The highest BCUT2D eigenvalue weighted by molar-refractivity contribution is 5.41. The fourth-order valence-corrected chi connectivity index (χ4v) is 1.04. The summed E-state index contributed by atoms with van der Waals surface area (Å²) in [5.74, 6) is 0.582. The van der Waals surface area contributed by atoms with E-state index in [1.807, 2.05) is 6.07 Å². The maximum atomic E-state index is 10.1. The summed E-state index contributed by atoms with van der Waals surface area (Å²) < 4.78 is 4.99. The van der Waals surface area contributed by atoms with Crippen LogP contribution in [0.15, 0.2) is 23.4 Å². The largest absolute Gasteiger partial charge is 0.496 e. The van der Waals surface area contributed by atoms with E-state index in [1.54, 1.807) is 18.2 Å². The summed E-state index contributed by atoms with van der Waals surface area (Å²) in [7, 11) is 1.51. The molecule has 0 fully saturated rings. The molecule has 1 aromatic rings. The molecular weight excluding hydrogens is 168 g/mol. The fourth-order valence-electron chi connectivity index (χ4n) is 1.04. The van der Waals surface area contributed by atoms with Gasteiger partial charge in [0, 0.05) is 5.56 Å². The lowest BCUT2D eigenvalue weighted by Crippen LogP contribution is -1.91. The molecule has 4 nitrogen and oxygen atoms in total. The van der Waals surface area contributed by atoms with E-state index in [4.69, 9.17) is 10.00 Å². The molecule has 0 atom stereocenters. The van der Waals surface area contributed by atoms with Crippen LogP contribution in [-0.2, 0) is 6.54 Å². The van der Waals surface area contributed by atoms with Gasteiger partial charge in [-0.3, -0.25) is 0 Å². The highest BCUT2D eigenvalue weighted by Gasteiger charge is 2.03. The van der Waals surface area contributed by atoms with Crippen LogP contribution in [0.2, 0.25) is 0 Å². The summed E-state index contributed by atoms with van der Waals surface area (Å²) >= 11 is 0. The van der Waals surface area contributed by atoms with Gasteiger partial charge in [0.25, 0.3) is 0 Å². The van der Waals surface area contributed by atoms with Crippen molar-refractivity contribution in [1.82, 2.24) is 0 Å². The monoisotopic (exact) mass is 176 g/mol. The molecule has 0 bridgehead atoms. The molecule has 13 heavy (non-hydrogen) atoms. The van der Waals surface area contributed by atoms with E-state index >= 15 is 0 Å². The summed E-state index contributed by atoms with van der Waals surface area (Å²) in [5.41, 5.74) is 1.14. The summed E-state index contributed by atoms with van der Waals surface area (Å²) in [6.45, 7) is 0.0265. The molecule has 0 N–H and O–H groups in total. The van der Waals surface area contributed by atoms with Crippen molar-refractivity contribution in [2.75, 3.05) is 7.11 Å². The number of benzene rings is 1. The number of hydrogen-bond donors (Lipinski definition) is 0. The number of ether oxygens (including phenoxy) is 1. The molecular formula is C9H8N2O2. The van der Waals surface area contributed by atoms with Crippen LogP contribution in [0.4, 0.5) is 0 Å². The Kier molecular flexibility index (Phi) is 2.98. The van der Waals surface area contributed by atoms with Crippen molar-refractivity contribution in [3.8, 4) is 11.8 Å². The van der Waals surface area contributed by atoms with Gasteiger partial charge in [-0.2, -0.15) is 10.2 Å². The molecule has 0 unspecified atom stereocenters. The highest BCUT2D eigenvalue weighted by atomic mass is 16.5. The number of nitrogens with zero attached hydrogens (tertiary/aromatic N) is 2. The summed E-state index contributed by atoms with van der Waals surface area (Å²) in [6.07, 6.45) is 0. The molecule has 0 amide bonds. The van der Waals surface area contributed by atoms with Crippen molar-refractivity contribution in [2.45, 2.75) is 6.54 Å². The van der Waals surface area contributed by atoms with Gasteiger partial charge in [0.1, 0.15) is 12.3 Å². The molecule has 1 aromatic carbocycles.